The maximum atomic E-state index is 6.30. The molecule has 3 rings (SSSR count). The lowest BCUT2D eigenvalue weighted by molar-refractivity contribution is -0.0832. The van der Waals surface area contributed by atoms with Gasteiger partial charge in [-0.25, -0.2) is 4.98 Å². The van der Waals surface area contributed by atoms with Crippen molar-refractivity contribution in [3.8, 4) is 0 Å². The summed E-state index contributed by atoms with van der Waals surface area (Å²) in [5.74, 6) is 0.882. The third kappa shape index (κ3) is 2.32. The van der Waals surface area contributed by atoms with Crippen molar-refractivity contribution in [2.45, 2.75) is 43.7 Å². The van der Waals surface area contributed by atoms with E-state index in [2.05, 4.69) is 9.55 Å². The predicted octanol–water partition coefficient (Wildman–Crippen LogP) is 4.56. The van der Waals surface area contributed by atoms with Gasteiger partial charge in [-0.15, -0.1) is 11.6 Å². The molecule has 1 aliphatic rings. The van der Waals surface area contributed by atoms with Crippen molar-refractivity contribution in [1.82, 2.24) is 9.55 Å². The molecule has 2 aromatic rings. The smallest absolute Gasteiger partial charge is 0.127 e. The van der Waals surface area contributed by atoms with Gasteiger partial charge in [-0.1, -0.05) is 11.6 Å². The maximum absolute atomic E-state index is 6.30. The zero-order valence-electron chi connectivity index (χ0n) is 11.7. The highest BCUT2D eigenvalue weighted by molar-refractivity contribution is 6.31. The van der Waals surface area contributed by atoms with Crippen LogP contribution in [0.2, 0.25) is 5.02 Å². The van der Waals surface area contributed by atoms with Gasteiger partial charge in [-0.05, 0) is 44.4 Å². The van der Waals surface area contributed by atoms with Gasteiger partial charge in [0.15, 0.2) is 0 Å². The minimum atomic E-state index is -0.143. The number of hydrogen-bond acceptors (Lipinski definition) is 2. The molecule has 0 spiro atoms. The van der Waals surface area contributed by atoms with E-state index in [1.165, 1.54) is 6.42 Å². The summed E-state index contributed by atoms with van der Waals surface area (Å²) < 4.78 is 7.90. The molecule has 0 aliphatic heterocycles. The second-order valence-electron chi connectivity index (χ2n) is 5.55. The molecule has 1 heterocycles. The molecule has 1 aliphatic carbocycles. The average molecular weight is 313 g/mol. The number of imidazole rings is 1. The van der Waals surface area contributed by atoms with Gasteiger partial charge >= 0.3 is 0 Å². The fourth-order valence-corrected chi connectivity index (χ4v) is 3.20. The van der Waals surface area contributed by atoms with Crippen LogP contribution in [0.25, 0.3) is 11.0 Å². The lowest BCUT2D eigenvalue weighted by Crippen LogP contribution is -2.43. The Balaban J connectivity index is 2.10. The number of alkyl halides is 1. The number of rotatable bonds is 4. The molecule has 1 aromatic heterocycles. The molecule has 1 fully saturated rings. The van der Waals surface area contributed by atoms with Crippen LogP contribution in [-0.2, 0) is 11.3 Å². The van der Waals surface area contributed by atoms with Crippen LogP contribution in [0.3, 0.4) is 0 Å². The SMILES string of the molecule is COC1(Cn2c(C(C)Cl)nc3ccc(Cl)cc32)CCC1. The predicted molar refractivity (Wildman–Crippen MR) is 82.6 cm³/mol. The highest BCUT2D eigenvalue weighted by atomic mass is 35.5. The van der Waals surface area contributed by atoms with Crippen molar-refractivity contribution in [3.05, 3.63) is 29.0 Å². The maximum Gasteiger partial charge on any atom is 0.127 e. The van der Waals surface area contributed by atoms with Gasteiger partial charge in [0.2, 0.25) is 0 Å². The summed E-state index contributed by atoms with van der Waals surface area (Å²) >= 11 is 12.4. The summed E-state index contributed by atoms with van der Waals surface area (Å²) in [6.45, 7) is 2.73. The van der Waals surface area contributed by atoms with Crippen LogP contribution >= 0.6 is 23.2 Å². The Morgan fingerprint density at radius 2 is 2.20 bits per heavy atom. The van der Waals surface area contributed by atoms with Crippen LogP contribution in [0.1, 0.15) is 37.4 Å². The standard InChI is InChI=1S/C15H18Cl2N2O/c1-10(16)14-18-12-5-4-11(17)8-13(12)19(14)9-15(20-2)6-3-7-15/h4-5,8,10H,3,6-7,9H2,1-2H3. The summed E-state index contributed by atoms with van der Waals surface area (Å²) in [5.41, 5.74) is 1.89. The molecule has 0 saturated heterocycles. The van der Waals surface area contributed by atoms with Crippen molar-refractivity contribution in [2.24, 2.45) is 0 Å². The molecule has 1 aromatic carbocycles. The molecule has 3 nitrogen and oxygen atoms in total. The molecule has 0 amide bonds. The van der Waals surface area contributed by atoms with E-state index in [0.29, 0.717) is 5.02 Å². The molecule has 1 unspecified atom stereocenters. The summed E-state index contributed by atoms with van der Waals surface area (Å²) in [6, 6.07) is 5.76. The molecule has 0 radical (unpaired) electrons. The monoisotopic (exact) mass is 312 g/mol. The lowest BCUT2D eigenvalue weighted by Gasteiger charge is -2.41. The van der Waals surface area contributed by atoms with E-state index in [1.807, 2.05) is 25.1 Å². The number of fused-ring (bicyclic) bond motifs is 1. The summed E-state index contributed by atoms with van der Waals surface area (Å²) in [6.07, 6.45) is 3.38. The summed E-state index contributed by atoms with van der Waals surface area (Å²) in [5, 5.41) is 0.572. The van der Waals surface area contributed by atoms with E-state index in [4.69, 9.17) is 27.9 Å². The Hall–Kier alpha value is -0.770. The van der Waals surface area contributed by atoms with Gasteiger partial charge in [-0.3, -0.25) is 0 Å². The van der Waals surface area contributed by atoms with Gasteiger partial charge in [0, 0.05) is 12.1 Å². The minimum Gasteiger partial charge on any atom is -0.376 e. The Morgan fingerprint density at radius 1 is 1.45 bits per heavy atom. The van der Waals surface area contributed by atoms with Crippen LogP contribution in [0.15, 0.2) is 18.2 Å². The molecular formula is C15H18Cl2N2O. The van der Waals surface area contributed by atoms with Crippen molar-refractivity contribution in [3.63, 3.8) is 0 Å². The quantitative estimate of drug-likeness (QED) is 0.774. The van der Waals surface area contributed by atoms with Crippen molar-refractivity contribution in [1.29, 1.82) is 0 Å². The third-order valence-electron chi connectivity index (χ3n) is 4.24. The van der Waals surface area contributed by atoms with Crippen LogP contribution in [0.4, 0.5) is 0 Å². The topological polar surface area (TPSA) is 27.1 Å². The Kier molecular flexibility index (Phi) is 3.69. The highest BCUT2D eigenvalue weighted by Gasteiger charge is 2.38. The molecule has 0 N–H and O–H groups in total. The van der Waals surface area contributed by atoms with Crippen molar-refractivity contribution >= 4 is 34.2 Å². The molecule has 108 valence electrons. The van der Waals surface area contributed by atoms with Gasteiger partial charge in [0.05, 0.1) is 28.6 Å². The first-order chi connectivity index (χ1) is 9.54. The average Bonchev–Trinajstić information content (AvgIpc) is 2.72. The van der Waals surface area contributed by atoms with E-state index >= 15 is 0 Å². The summed E-state index contributed by atoms with van der Waals surface area (Å²) in [4.78, 5) is 4.65. The number of methoxy groups -OCH3 is 1. The van der Waals surface area contributed by atoms with Crippen LogP contribution < -0.4 is 0 Å². The number of aromatic nitrogens is 2. The number of hydrogen-bond donors (Lipinski definition) is 0. The van der Waals surface area contributed by atoms with Crippen LogP contribution in [0.5, 0.6) is 0 Å². The first kappa shape index (κ1) is 14.2. The van der Waals surface area contributed by atoms with Crippen molar-refractivity contribution < 1.29 is 4.74 Å². The van der Waals surface area contributed by atoms with E-state index < -0.39 is 0 Å². The van der Waals surface area contributed by atoms with Gasteiger partial charge in [-0.2, -0.15) is 0 Å². The van der Waals surface area contributed by atoms with Gasteiger partial charge < -0.3 is 9.30 Å². The van der Waals surface area contributed by atoms with Crippen LogP contribution in [-0.4, -0.2) is 22.3 Å². The van der Waals surface area contributed by atoms with Crippen LogP contribution in [0, 0.1) is 0 Å². The van der Waals surface area contributed by atoms with Gasteiger partial charge in [0.1, 0.15) is 5.82 Å². The number of ether oxygens (including phenoxy) is 1. The van der Waals surface area contributed by atoms with Crippen molar-refractivity contribution in [2.75, 3.05) is 7.11 Å². The lowest BCUT2D eigenvalue weighted by atomic mass is 9.80. The zero-order valence-corrected chi connectivity index (χ0v) is 13.2. The molecule has 1 saturated carbocycles. The molecule has 1 atom stereocenters. The molecular weight excluding hydrogens is 295 g/mol. The van der Waals surface area contributed by atoms with E-state index in [1.54, 1.807) is 7.11 Å². The fraction of sp³-hybridized carbons (Fsp3) is 0.533. The Morgan fingerprint density at radius 3 is 2.75 bits per heavy atom. The third-order valence-corrected chi connectivity index (χ3v) is 4.67. The molecule has 0 bridgehead atoms. The minimum absolute atomic E-state index is 0.0729. The first-order valence-electron chi connectivity index (χ1n) is 6.89. The van der Waals surface area contributed by atoms with Gasteiger partial charge in [0.25, 0.3) is 0 Å². The molecule has 20 heavy (non-hydrogen) atoms. The normalized spacial score (nSPS) is 19.0. The van der Waals surface area contributed by atoms with E-state index in [9.17, 15) is 0 Å². The number of benzene rings is 1. The summed E-state index contributed by atoms with van der Waals surface area (Å²) in [7, 11) is 1.79. The second kappa shape index (κ2) is 5.21. The molecule has 5 heteroatoms. The number of nitrogens with zero attached hydrogens (tertiary/aromatic N) is 2. The van der Waals surface area contributed by atoms with E-state index in [0.717, 1.165) is 36.2 Å². The zero-order chi connectivity index (χ0) is 14.3. The first-order valence-corrected chi connectivity index (χ1v) is 7.71. The largest absolute Gasteiger partial charge is 0.376 e. The highest BCUT2D eigenvalue weighted by Crippen LogP contribution is 2.38. The second-order valence-corrected chi connectivity index (χ2v) is 6.64. The van der Waals surface area contributed by atoms with E-state index in [-0.39, 0.29) is 11.0 Å². The number of halogens is 2. The Labute approximate surface area is 128 Å². The fourth-order valence-electron chi connectivity index (χ4n) is 2.87. The Bertz CT molecular complexity index is 627.